The Balaban J connectivity index is 1.77. The van der Waals surface area contributed by atoms with Crippen molar-refractivity contribution >= 4 is 54.0 Å². The third kappa shape index (κ3) is 6.47. The van der Waals surface area contributed by atoms with Gasteiger partial charge < -0.3 is 9.64 Å². The molecule has 3 aromatic rings. The lowest BCUT2D eigenvalue weighted by atomic mass is 10.2. The van der Waals surface area contributed by atoms with Crippen LogP contribution < -0.4 is 9.64 Å². The third-order valence-electron chi connectivity index (χ3n) is 5.41. The number of anilines is 1. The SMILES string of the molecule is COc1ccc(C)c2sc(N(CCCN(C)C)C(=O)CCCS(=O)(=O)c3ccc(Cl)cc3)nc12. The van der Waals surface area contributed by atoms with Gasteiger partial charge in [0.25, 0.3) is 0 Å². The molecule has 0 aliphatic rings. The molecule has 0 atom stereocenters. The molecule has 0 aliphatic heterocycles. The van der Waals surface area contributed by atoms with Crippen LogP contribution in [0.1, 0.15) is 24.8 Å². The van der Waals surface area contributed by atoms with Gasteiger partial charge >= 0.3 is 0 Å². The number of rotatable bonds is 11. The maximum absolute atomic E-state index is 13.2. The number of aryl methyl sites for hydroxylation is 1. The van der Waals surface area contributed by atoms with E-state index < -0.39 is 9.84 Å². The van der Waals surface area contributed by atoms with Gasteiger partial charge in [-0.2, -0.15) is 0 Å². The van der Waals surface area contributed by atoms with Crippen LogP contribution >= 0.6 is 22.9 Å². The number of methoxy groups -OCH3 is 1. The largest absolute Gasteiger partial charge is 0.494 e. The van der Waals surface area contributed by atoms with E-state index in [0.717, 1.165) is 28.7 Å². The zero-order valence-corrected chi connectivity index (χ0v) is 22.3. The van der Waals surface area contributed by atoms with E-state index in [-0.39, 0.29) is 29.4 Å². The minimum Gasteiger partial charge on any atom is -0.494 e. The molecule has 1 amide bonds. The molecule has 1 heterocycles. The van der Waals surface area contributed by atoms with Gasteiger partial charge in [0.05, 0.1) is 22.5 Å². The van der Waals surface area contributed by atoms with E-state index in [2.05, 4.69) is 4.90 Å². The zero-order valence-electron chi connectivity index (χ0n) is 19.9. The van der Waals surface area contributed by atoms with Crippen molar-refractivity contribution in [2.75, 3.05) is 44.9 Å². The first-order chi connectivity index (χ1) is 16.1. The molecule has 0 saturated heterocycles. The number of carbonyl (C=O) groups excluding carboxylic acids is 1. The van der Waals surface area contributed by atoms with Crippen molar-refractivity contribution < 1.29 is 17.9 Å². The Hall–Kier alpha value is -2.20. The number of benzene rings is 2. The number of aromatic nitrogens is 1. The minimum absolute atomic E-state index is 0.112. The topological polar surface area (TPSA) is 79.8 Å². The number of amides is 1. The molecular weight excluding hydrogens is 494 g/mol. The lowest BCUT2D eigenvalue weighted by Gasteiger charge is -2.21. The standard InChI is InChI=1S/C24H30ClN3O4S2/c1-17-8-13-20(32-4)22-23(17)33-24(26-22)28(15-6-14-27(2)3)21(29)7-5-16-34(30,31)19-11-9-18(25)10-12-19/h8-13H,5-7,14-16H2,1-4H3. The quantitative estimate of drug-likeness (QED) is 0.359. The number of sulfone groups is 1. The van der Waals surface area contributed by atoms with E-state index in [0.29, 0.717) is 22.4 Å². The molecule has 0 aliphatic carbocycles. The maximum atomic E-state index is 13.2. The fourth-order valence-electron chi connectivity index (χ4n) is 3.56. The Morgan fingerprint density at radius 1 is 1.09 bits per heavy atom. The van der Waals surface area contributed by atoms with Crippen molar-refractivity contribution in [1.29, 1.82) is 0 Å². The number of ether oxygens (including phenoxy) is 1. The summed E-state index contributed by atoms with van der Waals surface area (Å²) in [4.78, 5) is 21.9. The molecule has 0 unspecified atom stereocenters. The normalized spacial score (nSPS) is 11.8. The lowest BCUT2D eigenvalue weighted by Crippen LogP contribution is -2.33. The average molecular weight is 524 g/mol. The summed E-state index contributed by atoms with van der Waals surface area (Å²) in [5, 5.41) is 1.08. The smallest absolute Gasteiger partial charge is 0.228 e. The van der Waals surface area contributed by atoms with Gasteiger partial charge in [0, 0.05) is 18.0 Å². The second kappa shape index (κ2) is 11.5. The van der Waals surface area contributed by atoms with Crippen LogP contribution in [0.15, 0.2) is 41.3 Å². The number of hydrogen-bond donors (Lipinski definition) is 0. The Morgan fingerprint density at radius 3 is 2.44 bits per heavy atom. The van der Waals surface area contributed by atoms with Crippen molar-refractivity contribution in [2.24, 2.45) is 0 Å². The molecular formula is C24H30ClN3O4S2. The molecule has 3 rings (SSSR count). The Labute approximate surface area is 210 Å². The predicted molar refractivity (Wildman–Crippen MR) is 139 cm³/mol. The van der Waals surface area contributed by atoms with Crippen LogP contribution in [0.25, 0.3) is 10.2 Å². The maximum Gasteiger partial charge on any atom is 0.228 e. The second-order valence-electron chi connectivity index (χ2n) is 8.34. The Bertz CT molecular complexity index is 1240. The van der Waals surface area contributed by atoms with Crippen molar-refractivity contribution in [3.8, 4) is 5.75 Å². The summed E-state index contributed by atoms with van der Waals surface area (Å²) in [5.41, 5.74) is 1.80. The summed E-state index contributed by atoms with van der Waals surface area (Å²) in [6, 6.07) is 9.93. The van der Waals surface area contributed by atoms with Crippen molar-refractivity contribution in [2.45, 2.75) is 31.1 Å². The first-order valence-electron chi connectivity index (χ1n) is 11.0. The van der Waals surface area contributed by atoms with Crippen molar-refractivity contribution in [1.82, 2.24) is 9.88 Å². The molecule has 7 nitrogen and oxygen atoms in total. The highest BCUT2D eigenvalue weighted by Gasteiger charge is 2.23. The van der Waals surface area contributed by atoms with Crippen LogP contribution in [0.4, 0.5) is 5.13 Å². The molecule has 1 aromatic heterocycles. The lowest BCUT2D eigenvalue weighted by molar-refractivity contribution is -0.118. The van der Waals surface area contributed by atoms with E-state index in [9.17, 15) is 13.2 Å². The van der Waals surface area contributed by atoms with Crippen molar-refractivity contribution in [3.05, 3.63) is 47.0 Å². The third-order valence-corrected chi connectivity index (χ3v) is 8.69. The first-order valence-corrected chi connectivity index (χ1v) is 13.8. The van der Waals surface area contributed by atoms with Gasteiger partial charge in [-0.1, -0.05) is 29.0 Å². The predicted octanol–water partition coefficient (Wildman–Crippen LogP) is 4.81. The van der Waals surface area contributed by atoms with E-state index in [4.69, 9.17) is 21.3 Å². The number of thiazole rings is 1. The minimum atomic E-state index is -3.49. The molecule has 2 aromatic carbocycles. The van der Waals surface area contributed by atoms with Gasteiger partial charge in [0.1, 0.15) is 11.3 Å². The number of halogens is 1. The van der Waals surface area contributed by atoms with Crippen LogP contribution in [0.2, 0.25) is 5.02 Å². The Morgan fingerprint density at radius 2 is 1.79 bits per heavy atom. The fraction of sp³-hybridized carbons (Fsp3) is 0.417. The highest BCUT2D eigenvalue weighted by atomic mass is 35.5. The highest BCUT2D eigenvalue weighted by molar-refractivity contribution is 7.91. The summed E-state index contributed by atoms with van der Waals surface area (Å²) in [7, 11) is 2.08. The van der Waals surface area contributed by atoms with E-state index in [1.807, 2.05) is 33.2 Å². The number of carbonyl (C=O) groups is 1. The van der Waals surface area contributed by atoms with E-state index in [1.165, 1.54) is 23.5 Å². The van der Waals surface area contributed by atoms with Crippen LogP contribution in [0, 0.1) is 6.92 Å². The van der Waals surface area contributed by atoms with Crippen LogP contribution in [0.5, 0.6) is 5.75 Å². The van der Waals surface area contributed by atoms with Gasteiger partial charge in [-0.3, -0.25) is 9.69 Å². The molecule has 0 fully saturated rings. The monoisotopic (exact) mass is 523 g/mol. The van der Waals surface area contributed by atoms with E-state index in [1.54, 1.807) is 24.1 Å². The zero-order chi connectivity index (χ0) is 24.9. The van der Waals surface area contributed by atoms with Gasteiger partial charge in [0.15, 0.2) is 15.0 Å². The van der Waals surface area contributed by atoms with Gasteiger partial charge in [-0.25, -0.2) is 13.4 Å². The molecule has 184 valence electrons. The van der Waals surface area contributed by atoms with E-state index >= 15 is 0 Å². The molecule has 0 saturated carbocycles. The van der Waals surface area contributed by atoms with Gasteiger partial charge in [-0.05, 0) is 76.3 Å². The van der Waals surface area contributed by atoms with Crippen molar-refractivity contribution in [3.63, 3.8) is 0 Å². The van der Waals surface area contributed by atoms with Crippen LogP contribution in [0.3, 0.4) is 0 Å². The summed E-state index contributed by atoms with van der Waals surface area (Å²) in [6.07, 6.45) is 1.11. The number of hydrogen-bond acceptors (Lipinski definition) is 7. The first kappa shape index (κ1) is 26.4. The highest BCUT2D eigenvalue weighted by Crippen LogP contribution is 2.36. The Kier molecular flexibility index (Phi) is 8.92. The van der Waals surface area contributed by atoms with Gasteiger partial charge in [0.2, 0.25) is 5.91 Å². The molecule has 0 radical (unpaired) electrons. The summed E-state index contributed by atoms with van der Waals surface area (Å²) in [5.74, 6) is 0.414. The van der Waals surface area contributed by atoms with Gasteiger partial charge in [-0.15, -0.1) is 0 Å². The average Bonchev–Trinajstić information content (AvgIpc) is 3.23. The fourth-order valence-corrected chi connectivity index (χ4v) is 6.09. The molecule has 0 spiro atoms. The summed E-state index contributed by atoms with van der Waals surface area (Å²) in [6.45, 7) is 3.33. The molecule has 10 heteroatoms. The second-order valence-corrected chi connectivity index (χ2v) is 11.9. The number of nitrogens with zero attached hydrogens (tertiary/aromatic N) is 3. The molecule has 34 heavy (non-hydrogen) atoms. The molecule has 0 N–H and O–H groups in total. The summed E-state index contributed by atoms with van der Waals surface area (Å²) < 4.78 is 31.7. The van der Waals surface area contributed by atoms with Crippen LogP contribution in [-0.2, 0) is 14.6 Å². The molecule has 0 bridgehead atoms. The van der Waals surface area contributed by atoms with Crippen LogP contribution in [-0.4, -0.2) is 64.3 Å². The summed E-state index contributed by atoms with van der Waals surface area (Å²) >= 11 is 7.31. The number of fused-ring (bicyclic) bond motifs is 1.